The molecule has 6 heteroatoms. The first-order valence-corrected chi connectivity index (χ1v) is 8.82. The van der Waals surface area contributed by atoms with Crippen molar-refractivity contribution in [2.75, 3.05) is 18.5 Å². The second-order valence-corrected chi connectivity index (χ2v) is 7.13. The van der Waals surface area contributed by atoms with Gasteiger partial charge in [-0.2, -0.15) is 0 Å². The van der Waals surface area contributed by atoms with Gasteiger partial charge in [0.25, 0.3) is 0 Å². The van der Waals surface area contributed by atoms with Crippen LogP contribution in [0.15, 0.2) is 24.3 Å². The molecule has 6 nitrogen and oxygen atoms in total. The first-order valence-electron chi connectivity index (χ1n) is 8.82. The van der Waals surface area contributed by atoms with E-state index in [-0.39, 0.29) is 24.5 Å². The zero-order valence-corrected chi connectivity index (χ0v) is 15.5. The van der Waals surface area contributed by atoms with Gasteiger partial charge in [0.05, 0.1) is 12.6 Å². The van der Waals surface area contributed by atoms with Gasteiger partial charge in [-0.3, -0.25) is 9.59 Å². The van der Waals surface area contributed by atoms with Gasteiger partial charge in [-0.1, -0.05) is 32.9 Å². The molecule has 1 fully saturated rings. The Morgan fingerprint density at radius 3 is 2.64 bits per heavy atom. The molecule has 0 bridgehead atoms. The number of hydrogen-bond donors (Lipinski definition) is 3. The molecule has 1 aliphatic carbocycles. The zero-order chi connectivity index (χ0) is 18.7. The summed E-state index contributed by atoms with van der Waals surface area (Å²) < 4.78 is 5.63. The summed E-state index contributed by atoms with van der Waals surface area (Å²) in [7, 11) is 0. The van der Waals surface area contributed by atoms with Crippen molar-refractivity contribution in [2.24, 2.45) is 11.1 Å². The average molecular weight is 347 g/mol. The molecule has 0 aliphatic heterocycles. The Morgan fingerprint density at radius 2 is 2.04 bits per heavy atom. The number of rotatable bonds is 7. The van der Waals surface area contributed by atoms with Crippen molar-refractivity contribution in [3.05, 3.63) is 29.8 Å². The molecule has 4 N–H and O–H groups in total. The van der Waals surface area contributed by atoms with Crippen molar-refractivity contribution in [1.29, 1.82) is 0 Å². The molecule has 2 atom stereocenters. The topological polar surface area (TPSA) is 93.4 Å². The number of amides is 2. The molecule has 0 radical (unpaired) electrons. The fourth-order valence-corrected chi connectivity index (χ4v) is 3.21. The van der Waals surface area contributed by atoms with Crippen LogP contribution in [0.1, 0.15) is 39.7 Å². The Morgan fingerprint density at radius 1 is 1.32 bits per heavy atom. The summed E-state index contributed by atoms with van der Waals surface area (Å²) in [5.41, 5.74) is 6.67. The molecule has 2 unspecified atom stereocenters. The smallest absolute Gasteiger partial charge is 0.243 e. The van der Waals surface area contributed by atoms with Gasteiger partial charge in [-0.05, 0) is 31.0 Å². The predicted octanol–water partition coefficient (Wildman–Crippen LogP) is 1.84. The number of benzene rings is 1. The summed E-state index contributed by atoms with van der Waals surface area (Å²) in [6.07, 6.45) is 1.31. The van der Waals surface area contributed by atoms with E-state index in [1.54, 1.807) is 0 Å². The third kappa shape index (κ3) is 3.85. The van der Waals surface area contributed by atoms with Crippen LogP contribution in [0.25, 0.3) is 0 Å². The Hall–Kier alpha value is -1.92. The van der Waals surface area contributed by atoms with E-state index in [0.717, 1.165) is 17.7 Å². The fraction of sp³-hybridized carbons (Fsp3) is 0.579. The van der Waals surface area contributed by atoms with E-state index < -0.39 is 11.0 Å². The highest BCUT2D eigenvalue weighted by atomic mass is 16.5. The number of nitrogens with one attached hydrogen (secondary N) is 2. The van der Waals surface area contributed by atoms with Gasteiger partial charge in [-0.25, -0.2) is 0 Å². The van der Waals surface area contributed by atoms with Crippen LogP contribution >= 0.6 is 0 Å². The molecule has 138 valence electrons. The molecular formula is C19H29N3O3. The largest absolute Gasteiger partial charge is 0.378 e. The van der Waals surface area contributed by atoms with Crippen LogP contribution in [-0.2, 0) is 20.7 Å². The molecule has 0 saturated heterocycles. The molecule has 0 spiro atoms. The van der Waals surface area contributed by atoms with Crippen LogP contribution in [0, 0.1) is 5.41 Å². The van der Waals surface area contributed by atoms with Gasteiger partial charge >= 0.3 is 0 Å². The first kappa shape index (κ1) is 19.4. The van der Waals surface area contributed by atoms with Gasteiger partial charge in [0.15, 0.2) is 0 Å². The lowest BCUT2D eigenvalue weighted by Crippen LogP contribution is -2.76. The summed E-state index contributed by atoms with van der Waals surface area (Å²) in [4.78, 5) is 24.6. The Kier molecular flexibility index (Phi) is 5.85. The number of hydrogen-bond acceptors (Lipinski definition) is 4. The molecule has 25 heavy (non-hydrogen) atoms. The normalized spacial score (nSPS) is 24.3. The number of carbonyl (C=O) groups excluding carboxylic acids is 2. The Balaban J connectivity index is 1.88. The van der Waals surface area contributed by atoms with Gasteiger partial charge in [0.1, 0.15) is 5.54 Å². The SMILES string of the molecule is CCOC1CC(N)(C(=O)NCC(=O)Nc2cccc(CC)c2)C1(C)C. The lowest BCUT2D eigenvalue weighted by atomic mass is 9.54. The zero-order valence-electron chi connectivity index (χ0n) is 15.5. The van der Waals surface area contributed by atoms with Crippen LogP contribution in [0.5, 0.6) is 0 Å². The highest BCUT2D eigenvalue weighted by molar-refractivity contribution is 5.96. The van der Waals surface area contributed by atoms with Gasteiger partial charge in [0.2, 0.25) is 11.8 Å². The Labute approximate surface area is 149 Å². The number of nitrogens with two attached hydrogens (primary N) is 1. The van der Waals surface area contributed by atoms with Crippen molar-refractivity contribution in [3.63, 3.8) is 0 Å². The van der Waals surface area contributed by atoms with Gasteiger partial charge in [0, 0.05) is 24.1 Å². The molecular weight excluding hydrogens is 318 g/mol. The number of aryl methyl sites for hydroxylation is 1. The molecule has 2 amide bonds. The minimum atomic E-state index is -1.02. The number of ether oxygens (including phenoxy) is 1. The van der Waals surface area contributed by atoms with Crippen molar-refractivity contribution in [1.82, 2.24) is 5.32 Å². The monoisotopic (exact) mass is 347 g/mol. The van der Waals surface area contributed by atoms with Crippen molar-refractivity contribution >= 4 is 17.5 Å². The Bertz CT molecular complexity index is 645. The van der Waals surface area contributed by atoms with E-state index in [4.69, 9.17) is 10.5 Å². The fourth-order valence-electron chi connectivity index (χ4n) is 3.21. The van der Waals surface area contributed by atoms with Crippen LogP contribution in [0.3, 0.4) is 0 Å². The standard InChI is InChI=1S/C19H29N3O3/c1-5-13-8-7-9-14(10-13)22-16(23)12-21-17(24)19(20)11-15(25-6-2)18(19,3)4/h7-10,15H,5-6,11-12,20H2,1-4H3,(H,21,24)(H,22,23). The lowest BCUT2D eigenvalue weighted by molar-refractivity contribution is -0.170. The summed E-state index contributed by atoms with van der Waals surface area (Å²) >= 11 is 0. The average Bonchev–Trinajstić information content (AvgIpc) is 2.59. The second-order valence-electron chi connectivity index (χ2n) is 7.13. The van der Waals surface area contributed by atoms with E-state index in [9.17, 15) is 9.59 Å². The molecule has 0 heterocycles. The van der Waals surface area contributed by atoms with Crippen molar-refractivity contribution in [3.8, 4) is 0 Å². The first-order chi connectivity index (χ1) is 11.7. The predicted molar refractivity (Wildman–Crippen MR) is 98.2 cm³/mol. The third-order valence-corrected chi connectivity index (χ3v) is 5.26. The number of anilines is 1. The molecule has 1 aliphatic rings. The minimum Gasteiger partial charge on any atom is -0.378 e. The van der Waals surface area contributed by atoms with Crippen molar-refractivity contribution in [2.45, 2.75) is 52.2 Å². The van der Waals surface area contributed by atoms with Crippen LogP contribution in [0.4, 0.5) is 5.69 Å². The molecule has 1 saturated carbocycles. The summed E-state index contributed by atoms with van der Waals surface area (Å²) in [6.45, 7) is 8.30. The highest BCUT2D eigenvalue weighted by Gasteiger charge is 2.62. The van der Waals surface area contributed by atoms with E-state index >= 15 is 0 Å². The second kappa shape index (κ2) is 7.54. The molecule has 1 aromatic carbocycles. The quantitative estimate of drug-likeness (QED) is 0.701. The number of carbonyl (C=O) groups is 2. The maximum absolute atomic E-state index is 12.5. The maximum Gasteiger partial charge on any atom is 0.243 e. The van der Waals surface area contributed by atoms with Crippen LogP contribution in [0.2, 0.25) is 0 Å². The van der Waals surface area contributed by atoms with Gasteiger partial charge in [-0.15, -0.1) is 0 Å². The van der Waals surface area contributed by atoms with E-state index in [2.05, 4.69) is 17.6 Å². The van der Waals surface area contributed by atoms with E-state index in [1.165, 1.54) is 0 Å². The maximum atomic E-state index is 12.5. The molecule has 0 aromatic heterocycles. The molecule has 2 rings (SSSR count). The van der Waals surface area contributed by atoms with E-state index in [0.29, 0.717) is 13.0 Å². The summed E-state index contributed by atoms with van der Waals surface area (Å²) in [5.74, 6) is -0.588. The van der Waals surface area contributed by atoms with Crippen molar-refractivity contribution < 1.29 is 14.3 Å². The summed E-state index contributed by atoms with van der Waals surface area (Å²) in [5, 5.41) is 5.45. The third-order valence-electron chi connectivity index (χ3n) is 5.26. The van der Waals surface area contributed by atoms with Crippen LogP contribution < -0.4 is 16.4 Å². The minimum absolute atomic E-state index is 0.0427. The molecule has 1 aromatic rings. The van der Waals surface area contributed by atoms with Crippen LogP contribution in [-0.4, -0.2) is 36.6 Å². The highest BCUT2D eigenvalue weighted by Crippen LogP contribution is 2.49. The van der Waals surface area contributed by atoms with Gasteiger partial charge < -0.3 is 21.1 Å². The van der Waals surface area contributed by atoms with E-state index in [1.807, 2.05) is 45.0 Å². The summed E-state index contributed by atoms with van der Waals surface area (Å²) in [6, 6.07) is 7.65. The lowest BCUT2D eigenvalue weighted by Gasteiger charge is -2.57.